The van der Waals surface area contributed by atoms with Gasteiger partial charge < -0.3 is 10.5 Å². The Labute approximate surface area is 119 Å². The summed E-state index contributed by atoms with van der Waals surface area (Å²) in [6.07, 6.45) is 5.34. The van der Waals surface area contributed by atoms with Crippen molar-refractivity contribution in [1.29, 1.82) is 0 Å². The summed E-state index contributed by atoms with van der Waals surface area (Å²) in [4.78, 5) is 2.50. The van der Waals surface area contributed by atoms with Gasteiger partial charge in [0, 0.05) is 25.7 Å². The molecule has 20 heavy (non-hydrogen) atoms. The van der Waals surface area contributed by atoms with Crippen LogP contribution in [-0.2, 0) is 17.8 Å². The number of hydrogen-bond donors (Lipinski definition) is 1. The van der Waals surface area contributed by atoms with Crippen LogP contribution in [0.4, 0.5) is 4.39 Å². The van der Waals surface area contributed by atoms with Gasteiger partial charge in [0.15, 0.2) is 0 Å². The largest absolute Gasteiger partial charge is 0.375 e. The van der Waals surface area contributed by atoms with Crippen LogP contribution in [0.3, 0.4) is 0 Å². The van der Waals surface area contributed by atoms with E-state index < -0.39 is 0 Å². The molecule has 0 spiro atoms. The van der Waals surface area contributed by atoms with E-state index in [2.05, 4.69) is 4.90 Å². The minimum atomic E-state index is -0.202. The number of morpholine rings is 1. The number of halogens is 1. The molecule has 1 aliphatic heterocycles. The number of ether oxygens (including phenoxy) is 1. The Morgan fingerprint density at radius 1 is 1.25 bits per heavy atom. The van der Waals surface area contributed by atoms with E-state index in [0.717, 1.165) is 30.8 Å². The fraction of sp³-hybridized carbons (Fsp3) is 0.625. The molecular weight excluding hydrogens is 255 g/mol. The Hall–Kier alpha value is -0.970. The topological polar surface area (TPSA) is 38.5 Å². The molecule has 0 aromatic heterocycles. The number of fused-ring (bicyclic) bond motifs is 1. The van der Waals surface area contributed by atoms with E-state index in [-0.39, 0.29) is 5.82 Å². The third-order valence-corrected chi connectivity index (χ3v) is 4.61. The van der Waals surface area contributed by atoms with Gasteiger partial charge in [-0.05, 0) is 36.1 Å². The molecule has 110 valence electrons. The van der Waals surface area contributed by atoms with E-state index in [9.17, 15) is 4.39 Å². The van der Waals surface area contributed by atoms with Crippen molar-refractivity contribution in [3.05, 3.63) is 35.1 Å². The first-order valence-corrected chi connectivity index (χ1v) is 7.61. The Morgan fingerprint density at radius 3 is 2.95 bits per heavy atom. The van der Waals surface area contributed by atoms with E-state index in [4.69, 9.17) is 10.5 Å². The highest BCUT2D eigenvalue weighted by molar-refractivity contribution is 5.28. The Balaban J connectivity index is 1.76. The van der Waals surface area contributed by atoms with Gasteiger partial charge in [-0.25, -0.2) is 4.39 Å². The van der Waals surface area contributed by atoms with E-state index in [1.54, 1.807) is 6.07 Å². The van der Waals surface area contributed by atoms with Crippen LogP contribution < -0.4 is 5.73 Å². The van der Waals surface area contributed by atoms with Crippen molar-refractivity contribution >= 4 is 0 Å². The second kappa shape index (κ2) is 6.20. The lowest BCUT2D eigenvalue weighted by molar-refractivity contribution is -0.0911. The summed E-state index contributed by atoms with van der Waals surface area (Å²) in [5.74, 6) is -0.202. The van der Waals surface area contributed by atoms with Crippen molar-refractivity contribution in [1.82, 2.24) is 4.90 Å². The van der Waals surface area contributed by atoms with Crippen LogP contribution in [0.25, 0.3) is 0 Å². The second-order valence-corrected chi connectivity index (χ2v) is 5.85. The minimum Gasteiger partial charge on any atom is -0.375 e. The summed E-state index contributed by atoms with van der Waals surface area (Å²) in [6.45, 7) is 3.02. The quantitative estimate of drug-likeness (QED) is 0.923. The van der Waals surface area contributed by atoms with E-state index in [1.807, 2.05) is 6.07 Å². The lowest BCUT2D eigenvalue weighted by atomic mass is 9.89. The summed E-state index contributed by atoms with van der Waals surface area (Å²) < 4.78 is 19.2. The van der Waals surface area contributed by atoms with Crippen molar-refractivity contribution in [2.45, 2.75) is 50.9 Å². The van der Waals surface area contributed by atoms with Crippen LogP contribution in [-0.4, -0.2) is 30.2 Å². The lowest BCUT2D eigenvalue weighted by Gasteiger charge is -2.44. The predicted molar refractivity (Wildman–Crippen MR) is 76.7 cm³/mol. The molecule has 2 aliphatic rings. The Morgan fingerprint density at radius 2 is 2.10 bits per heavy atom. The molecule has 0 amide bonds. The highest BCUT2D eigenvalue weighted by Gasteiger charge is 2.34. The minimum absolute atomic E-state index is 0.202. The molecule has 1 saturated heterocycles. The smallest absolute Gasteiger partial charge is 0.123 e. The zero-order chi connectivity index (χ0) is 13.9. The highest BCUT2D eigenvalue weighted by atomic mass is 19.1. The average molecular weight is 278 g/mol. The summed E-state index contributed by atoms with van der Waals surface area (Å²) in [5.41, 5.74) is 7.82. The van der Waals surface area contributed by atoms with Crippen LogP contribution in [0.15, 0.2) is 18.2 Å². The molecule has 3 nitrogen and oxygen atoms in total. The standard InChI is InChI=1S/C16H23FN2O/c17-14-6-5-12(13(9-14)10-18)11-19-7-8-20-16-4-2-1-3-15(16)19/h5-6,9,15-16H,1-4,7-8,10-11,18H2. The van der Waals surface area contributed by atoms with Gasteiger partial charge in [0.25, 0.3) is 0 Å². The molecule has 2 fully saturated rings. The molecular formula is C16H23FN2O. The fourth-order valence-corrected chi connectivity index (χ4v) is 3.53. The van der Waals surface area contributed by atoms with E-state index in [1.165, 1.54) is 31.7 Å². The molecule has 2 unspecified atom stereocenters. The number of rotatable bonds is 3. The average Bonchev–Trinajstić information content (AvgIpc) is 2.49. The predicted octanol–water partition coefficient (Wildman–Crippen LogP) is 2.43. The van der Waals surface area contributed by atoms with Crippen molar-refractivity contribution in [3.63, 3.8) is 0 Å². The van der Waals surface area contributed by atoms with Gasteiger partial charge in [0.2, 0.25) is 0 Å². The monoisotopic (exact) mass is 278 g/mol. The molecule has 1 heterocycles. The first kappa shape index (κ1) is 14.0. The Kier molecular flexibility index (Phi) is 4.34. The first-order chi connectivity index (χ1) is 9.78. The molecule has 2 N–H and O–H groups in total. The highest BCUT2D eigenvalue weighted by Crippen LogP contribution is 2.29. The fourth-order valence-electron chi connectivity index (χ4n) is 3.53. The molecule has 0 bridgehead atoms. The van der Waals surface area contributed by atoms with Crippen LogP contribution >= 0.6 is 0 Å². The lowest BCUT2D eigenvalue weighted by Crippen LogP contribution is -2.52. The molecule has 2 atom stereocenters. The second-order valence-electron chi connectivity index (χ2n) is 5.85. The third kappa shape index (κ3) is 2.87. The van der Waals surface area contributed by atoms with E-state index in [0.29, 0.717) is 18.7 Å². The summed E-state index contributed by atoms with van der Waals surface area (Å²) in [6, 6.07) is 5.50. The number of benzene rings is 1. The van der Waals surface area contributed by atoms with Gasteiger partial charge in [0.05, 0.1) is 12.7 Å². The molecule has 4 heteroatoms. The van der Waals surface area contributed by atoms with Crippen molar-refractivity contribution < 1.29 is 9.13 Å². The van der Waals surface area contributed by atoms with Gasteiger partial charge in [-0.2, -0.15) is 0 Å². The van der Waals surface area contributed by atoms with Gasteiger partial charge in [-0.3, -0.25) is 4.90 Å². The first-order valence-electron chi connectivity index (χ1n) is 7.61. The molecule has 1 saturated carbocycles. The molecule has 1 aliphatic carbocycles. The zero-order valence-electron chi connectivity index (χ0n) is 11.9. The van der Waals surface area contributed by atoms with Crippen molar-refractivity contribution in [2.75, 3.05) is 13.2 Å². The molecule has 1 aromatic rings. The van der Waals surface area contributed by atoms with Crippen molar-refractivity contribution in [3.8, 4) is 0 Å². The molecule has 3 rings (SSSR count). The molecule has 1 aromatic carbocycles. The van der Waals surface area contributed by atoms with E-state index >= 15 is 0 Å². The van der Waals surface area contributed by atoms with Crippen molar-refractivity contribution in [2.24, 2.45) is 5.73 Å². The zero-order valence-corrected chi connectivity index (χ0v) is 11.9. The normalized spacial score (nSPS) is 27.3. The van der Waals surface area contributed by atoms with Crippen LogP contribution in [0, 0.1) is 5.82 Å². The van der Waals surface area contributed by atoms with Gasteiger partial charge in [-0.1, -0.05) is 18.9 Å². The molecule has 0 radical (unpaired) electrons. The summed E-state index contributed by atoms with van der Waals surface area (Å²) in [5, 5.41) is 0. The van der Waals surface area contributed by atoms with Gasteiger partial charge in [-0.15, -0.1) is 0 Å². The number of hydrogen-bond acceptors (Lipinski definition) is 3. The SMILES string of the molecule is NCc1cc(F)ccc1CN1CCOC2CCCCC21. The van der Waals surface area contributed by atoms with Crippen LogP contribution in [0.2, 0.25) is 0 Å². The number of nitrogens with zero attached hydrogens (tertiary/aromatic N) is 1. The van der Waals surface area contributed by atoms with Gasteiger partial charge >= 0.3 is 0 Å². The van der Waals surface area contributed by atoms with Gasteiger partial charge in [0.1, 0.15) is 5.82 Å². The maximum absolute atomic E-state index is 13.3. The number of nitrogens with two attached hydrogens (primary N) is 1. The third-order valence-electron chi connectivity index (χ3n) is 4.61. The maximum Gasteiger partial charge on any atom is 0.123 e. The summed E-state index contributed by atoms with van der Waals surface area (Å²) in [7, 11) is 0. The maximum atomic E-state index is 13.3. The Bertz CT molecular complexity index is 464. The van der Waals surface area contributed by atoms with Crippen LogP contribution in [0.5, 0.6) is 0 Å². The summed E-state index contributed by atoms with van der Waals surface area (Å²) >= 11 is 0. The van der Waals surface area contributed by atoms with Crippen LogP contribution in [0.1, 0.15) is 36.8 Å².